The first-order valence-electron chi connectivity index (χ1n) is 3.82. The van der Waals surface area contributed by atoms with Crippen molar-refractivity contribution in [1.29, 1.82) is 0 Å². The largest absolute Gasteiger partial charge is 0.489 e. The molecule has 0 aliphatic rings. The minimum atomic E-state index is -1.28. The number of hydrogen-bond donors (Lipinski definition) is 2. The molecule has 0 heterocycles. The second-order valence-corrected chi connectivity index (χ2v) is 2.68. The normalized spacial score (nSPS) is 9.67. The van der Waals surface area contributed by atoms with Gasteiger partial charge in [-0.3, -0.25) is 10.1 Å². The summed E-state index contributed by atoms with van der Waals surface area (Å²) in [6, 6.07) is 2.01. The average molecular weight is 212 g/mol. The molecule has 0 spiro atoms. The van der Waals surface area contributed by atoms with Crippen LogP contribution >= 0.6 is 0 Å². The number of nitro groups is 1. The van der Waals surface area contributed by atoms with Crippen LogP contribution in [0.2, 0.25) is 0 Å². The SMILES string of the molecule is COc1c(N)cc(C(=O)O)cc1[N+](=O)[O-]. The van der Waals surface area contributed by atoms with Gasteiger partial charge >= 0.3 is 11.7 Å². The van der Waals surface area contributed by atoms with Crippen LogP contribution in [0.5, 0.6) is 5.75 Å². The second kappa shape index (κ2) is 3.82. The molecule has 7 nitrogen and oxygen atoms in total. The van der Waals surface area contributed by atoms with E-state index in [1.807, 2.05) is 0 Å². The smallest absolute Gasteiger partial charge is 0.336 e. The van der Waals surface area contributed by atoms with Gasteiger partial charge in [-0.1, -0.05) is 0 Å². The van der Waals surface area contributed by atoms with Crippen LogP contribution in [0.25, 0.3) is 0 Å². The molecule has 80 valence electrons. The fourth-order valence-corrected chi connectivity index (χ4v) is 1.12. The standard InChI is InChI=1S/C8H8N2O5/c1-15-7-5(9)2-4(8(11)12)3-6(7)10(13)14/h2-3H,9H2,1H3,(H,11,12). The van der Waals surface area contributed by atoms with Crippen LogP contribution < -0.4 is 10.5 Å². The lowest BCUT2D eigenvalue weighted by atomic mass is 10.1. The van der Waals surface area contributed by atoms with Crippen LogP contribution in [0.3, 0.4) is 0 Å². The summed E-state index contributed by atoms with van der Waals surface area (Å²) in [5.74, 6) is -1.42. The van der Waals surface area contributed by atoms with Gasteiger partial charge in [0.2, 0.25) is 5.75 Å². The van der Waals surface area contributed by atoms with Crippen molar-refractivity contribution in [1.82, 2.24) is 0 Å². The van der Waals surface area contributed by atoms with Gasteiger partial charge in [-0.05, 0) is 6.07 Å². The monoisotopic (exact) mass is 212 g/mol. The van der Waals surface area contributed by atoms with Crippen LogP contribution in [-0.4, -0.2) is 23.1 Å². The van der Waals surface area contributed by atoms with E-state index in [1.54, 1.807) is 0 Å². The molecule has 0 saturated heterocycles. The van der Waals surface area contributed by atoms with Crippen LogP contribution in [0, 0.1) is 10.1 Å². The van der Waals surface area contributed by atoms with Gasteiger partial charge in [0.1, 0.15) is 0 Å². The Morgan fingerprint density at radius 2 is 2.20 bits per heavy atom. The first kappa shape index (κ1) is 10.8. The number of aromatic carboxylic acids is 1. The number of nitrogen functional groups attached to an aromatic ring is 1. The summed E-state index contributed by atoms with van der Waals surface area (Å²) < 4.78 is 4.71. The van der Waals surface area contributed by atoms with Crippen LogP contribution in [0.15, 0.2) is 12.1 Å². The minimum absolute atomic E-state index is 0.0795. The number of carboxylic acids is 1. The number of rotatable bonds is 3. The van der Waals surface area contributed by atoms with Crippen molar-refractivity contribution in [3.05, 3.63) is 27.8 Å². The Bertz CT molecular complexity index is 429. The lowest BCUT2D eigenvalue weighted by Crippen LogP contribution is -2.03. The van der Waals surface area contributed by atoms with Crippen molar-refractivity contribution < 1.29 is 19.6 Å². The van der Waals surface area contributed by atoms with E-state index >= 15 is 0 Å². The summed E-state index contributed by atoms with van der Waals surface area (Å²) >= 11 is 0. The second-order valence-electron chi connectivity index (χ2n) is 2.68. The molecular formula is C8H8N2O5. The number of nitro benzene ring substituents is 1. The third kappa shape index (κ3) is 1.96. The third-order valence-electron chi connectivity index (χ3n) is 1.75. The van der Waals surface area contributed by atoms with Gasteiger partial charge in [-0.2, -0.15) is 0 Å². The Labute approximate surface area is 84.2 Å². The Morgan fingerprint density at radius 3 is 2.60 bits per heavy atom. The molecule has 0 atom stereocenters. The highest BCUT2D eigenvalue weighted by Crippen LogP contribution is 2.34. The quantitative estimate of drug-likeness (QED) is 0.436. The number of nitrogens with two attached hydrogens (primary N) is 1. The van der Waals surface area contributed by atoms with E-state index < -0.39 is 16.6 Å². The number of hydrogen-bond acceptors (Lipinski definition) is 5. The summed E-state index contributed by atoms with van der Waals surface area (Å²) in [6.07, 6.45) is 0. The molecule has 3 N–H and O–H groups in total. The zero-order valence-electron chi connectivity index (χ0n) is 7.76. The molecule has 0 radical (unpaired) electrons. The Morgan fingerprint density at radius 1 is 1.60 bits per heavy atom. The molecule has 0 aromatic heterocycles. The molecule has 0 amide bonds. The van der Waals surface area contributed by atoms with Crippen LogP contribution in [0.1, 0.15) is 10.4 Å². The van der Waals surface area contributed by atoms with Crippen molar-refractivity contribution in [3.8, 4) is 5.75 Å². The first-order valence-corrected chi connectivity index (χ1v) is 3.82. The number of carboxylic acid groups (broad SMARTS) is 1. The predicted molar refractivity (Wildman–Crippen MR) is 51.0 cm³/mol. The summed E-state index contributed by atoms with van der Waals surface area (Å²) in [6.45, 7) is 0. The lowest BCUT2D eigenvalue weighted by molar-refractivity contribution is -0.385. The maximum absolute atomic E-state index is 10.6. The highest BCUT2D eigenvalue weighted by atomic mass is 16.6. The fourth-order valence-electron chi connectivity index (χ4n) is 1.12. The van der Waals surface area contributed by atoms with E-state index in [0.29, 0.717) is 0 Å². The molecule has 0 unspecified atom stereocenters. The van der Waals surface area contributed by atoms with E-state index in [4.69, 9.17) is 15.6 Å². The molecule has 0 bridgehead atoms. The van der Waals surface area contributed by atoms with Crippen molar-refractivity contribution in [3.63, 3.8) is 0 Å². The number of methoxy groups -OCH3 is 1. The van der Waals surface area contributed by atoms with Crippen LogP contribution in [0.4, 0.5) is 11.4 Å². The topological polar surface area (TPSA) is 116 Å². The van der Waals surface area contributed by atoms with Gasteiger partial charge in [0, 0.05) is 6.07 Å². The average Bonchev–Trinajstić information content (AvgIpc) is 2.16. The van der Waals surface area contributed by atoms with E-state index in [2.05, 4.69) is 0 Å². The minimum Gasteiger partial charge on any atom is -0.489 e. The maximum Gasteiger partial charge on any atom is 0.336 e. The summed E-state index contributed by atoms with van der Waals surface area (Å²) in [7, 11) is 1.22. The van der Waals surface area contributed by atoms with Crippen molar-refractivity contribution >= 4 is 17.3 Å². The first-order chi connectivity index (χ1) is 6.97. The molecular weight excluding hydrogens is 204 g/mol. The number of carbonyl (C=O) groups is 1. The molecule has 0 aliphatic carbocycles. The van der Waals surface area contributed by atoms with Gasteiger partial charge in [0.25, 0.3) is 0 Å². The van der Waals surface area contributed by atoms with Gasteiger partial charge in [-0.15, -0.1) is 0 Å². The zero-order valence-corrected chi connectivity index (χ0v) is 7.76. The summed E-state index contributed by atoms with van der Waals surface area (Å²) in [5, 5.41) is 19.2. The summed E-state index contributed by atoms with van der Waals surface area (Å²) in [5.41, 5.74) is 4.62. The van der Waals surface area contributed by atoms with Gasteiger partial charge < -0.3 is 15.6 Å². The third-order valence-corrected chi connectivity index (χ3v) is 1.75. The lowest BCUT2D eigenvalue weighted by Gasteiger charge is -2.05. The van der Waals surface area contributed by atoms with Crippen LogP contribution in [-0.2, 0) is 0 Å². The van der Waals surface area contributed by atoms with E-state index in [-0.39, 0.29) is 17.0 Å². The van der Waals surface area contributed by atoms with Gasteiger partial charge in [0.15, 0.2) is 0 Å². The molecule has 0 saturated carbocycles. The molecule has 1 rings (SSSR count). The van der Waals surface area contributed by atoms with Gasteiger partial charge in [-0.25, -0.2) is 4.79 Å². The molecule has 0 fully saturated rings. The Balaban J connectivity index is 3.45. The number of benzene rings is 1. The number of anilines is 1. The van der Waals surface area contributed by atoms with E-state index in [9.17, 15) is 14.9 Å². The maximum atomic E-state index is 10.6. The molecule has 1 aromatic rings. The number of ether oxygens (including phenoxy) is 1. The Hall–Kier alpha value is -2.31. The van der Waals surface area contributed by atoms with Crippen molar-refractivity contribution in [2.75, 3.05) is 12.8 Å². The molecule has 7 heteroatoms. The van der Waals surface area contributed by atoms with E-state index in [1.165, 1.54) is 7.11 Å². The highest BCUT2D eigenvalue weighted by molar-refractivity contribution is 5.91. The van der Waals surface area contributed by atoms with E-state index in [0.717, 1.165) is 12.1 Å². The zero-order chi connectivity index (χ0) is 11.6. The van der Waals surface area contributed by atoms with Crippen molar-refractivity contribution in [2.24, 2.45) is 0 Å². The number of nitrogens with zero attached hydrogens (tertiary/aromatic N) is 1. The predicted octanol–water partition coefficient (Wildman–Crippen LogP) is 0.884. The van der Waals surface area contributed by atoms with Crippen molar-refractivity contribution in [2.45, 2.75) is 0 Å². The fraction of sp³-hybridized carbons (Fsp3) is 0.125. The Kier molecular flexibility index (Phi) is 2.75. The summed E-state index contributed by atoms with van der Waals surface area (Å²) in [4.78, 5) is 20.4. The highest BCUT2D eigenvalue weighted by Gasteiger charge is 2.21. The molecule has 0 aliphatic heterocycles. The van der Waals surface area contributed by atoms with Gasteiger partial charge in [0.05, 0.1) is 23.3 Å². The molecule has 15 heavy (non-hydrogen) atoms. The molecule has 1 aromatic carbocycles.